The van der Waals surface area contributed by atoms with Gasteiger partial charge in [-0.05, 0) is 24.6 Å². The largest absolute Gasteiger partial charge is 0.377 e. The Morgan fingerprint density at radius 3 is 2.67 bits per heavy atom. The minimum absolute atomic E-state index is 0.0821. The highest BCUT2D eigenvalue weighted by atomic mass is 35.5. The Morgan fingerprint density at radius 1 is 1.24 bits per heavy atom. The van der Waals surface area contributed by atoms with E-state index in [1.54, 1.807) is 7.11 Å². The van der Waals surface area contributed by atoms with Crippen molar-refractivity contribution in [3.05, 3.63) is 46.7 Å². The normalized spacial score (nSPS) is 12.0. The third-order valence-corrected chi connectivity index (χ3v) is 3.25. The quantitative estimate of drug-likeness (QED) is 0.855. The first-order valence-electron chi connectivity index (χ1n) is 6.69. The van der Waals surface area contributed by atoms with Crippen LogP contribution in [0.3, 0.4) is 0 Å². The molecule has 21 heavy (non-hydrogen) atoms. The Hall–Kier alpha value is -1.85. The number of nitrogens with zero attached hydrogens (tertiary/aromatic N) is 2. The Kier molecular flexibility index (Phi) is 5.36. The summed E-state index contributed by atoms with van der Waals surface area (Å²) in [6.07, 6.45) is 0. The molecule has 1 atom stereocenters. The molecule has 2 aromatic rings. The van der Waals surface area contributed by atoms with E-state index >= 15 is 0 Å². The van der Waals surface area contributed by atoms with Gasteiger partial charge in [0.1, 0.15) is 18.2 Å². The molecule has 2 N–H and O–H groups in total. The average Bonchev–Trinajstić information content (AvgIpc) is 2.47. The number of aromatic nitrogens is 2. The lowest BCUT2D eigenvalue weighted by atomic mass is 10.1. The summed E-state index contributed by atoms with van der Waals surface area (Å²) in [4.78, 5) is 8.77. The highest BCUT2D eigenvalue weighted by Gasteiger charge is 2.09. The van der Waals surface area contributed by atoms with E-state index in [-0.39, 0.29) is 6.04 Å². The van der Waals surface area contributed by atoms with E-state index < -0.39 is 0 Å². The van der Waals surface area contributed by atoms with Gasteiger partial charge in [0.15, 0.2) is 5.82 Å². The fourth-order valence-corrected chi connectivity index (χ4v) is 2.17. The highest BCUT2D eigenvalue weighted by Crippen LogP contribution is 2.22. The molecule has 2 rings (SSSR count). The molecule has 0 saturated carbocycles. The maximum atomic E-state index is 6.03. The van der Waals surface area contributed by atoms with Crippen LogP contribution in [-0.2, 0) is 11.3 Å². The van der Waals surface area contributed by atoms with E-state index in [4.69, 9.17) is 16.3 Å². The topological polar surface area (TPSA) is 59.1 Å². The van der Waals surface area contributed by atoms with Gasteiger partial charge in [-0.2, -0.15) is 0 Å². The van der Waals surface area contributed by atoms with Crippen molar-refractivity contribution in [2.24, 2.45) is 0 Å². The van der Waals surface area contributed by atoms with Crippen LogP contribution in [0, 0.1) is 0 Å². The zero-order valence-corrected chi connectivity index (χ0v) is 13.1. The lowest BCUT2D eigenvalue weighted by Crippen LogP contribution is -2.11. The number of ether oxygens (including phenoxy) is 1. The second kappa shape index (κ2) is 7.24. The molecule has 0 spiro atoms. The molecule has 0 aliphatic rings. The third-order valence-electron chi connectivity index (χ3n) is 3.02. The van der Waals surface area contributed by atoms with Crippen molar-refractivity contribution < 1.29 is 4.74 Å². The average molecular weight is 307 g/mol. The van der Waals surface area contributed by atoms with Crippen LogP contribution in [0.15, 0.2) is 30.3 Å². The van der Waals surface area contributed by atoms with Gasteiger partial charge in [0, 0.05) is 31.3 Å². The molecule has 5 nitrogen and oxygen atoms in total. The predicted octanol–water partition coefficient (Wildman–Crippen LogP) is 3.49. The molecule has 0 saturated heterocycles. The number of hydrogen-bond donors (Lipinski definition) is 2. The lowest BCUT2D eigenvalue weighted by Gasteiger charge is -2.16. The number of anilines is 2. The van der Waals surface area contributed by atoms with E-state index in [0.29, 0.717) is 12.4 Å². The van der Waals surface area contributed by atoms with Crippen molar-refractivity contribution in [2.75, 3.05) is 24.8 Å². The van der Waals surface area contributed by atoms with Gasteiger partial charge in [-0.1, -0.05) is 23.7 Å². The zero-order chi connectivity index (χ0) is 15.2. The molecule has 112 valence electrons. The van der Waals surface area contributed by atoms with Crippen molar-refractivity contribution in [1.82, 2.24) is 9.97 Å². The molecule has 1 aromatic carbocycles. The number of nitrogens with one attached hydrogen (secondary N) is 2. The molecule has 0 aliphatic carbocycles. The maximum Gasteiger partial charge on any atom is 0.158 e. The van der Waals surface area contributed by atoms with Gasteiger partial charge in [0.25, 0.3) is 0 Å². The van der Waals surface area contributed by atoms with Gasteiger partial charge in [-0.3, -0.25) is 0 Å². The number of benzene rings is 1. The molecule has 0 amide bonds. The van der Waals surface area contributed by atoms with Crippen LogP contribution in [0.2, 0.25) is 5.02 Å². The first-order valence-corrected chi connectivity index (χ1v) is 7.07. The number of hydrogen-bond acceptors (Lipinski definition) is 5. The maximum absolute atomic E-state index is 6.03. The van der Waals surface area contributed by atoms with E-state index in [1.165, 1.54) is 0 Å². The van der Waals surface area contributed by atoms with E-state index in [9.17, 15) is 0 Å². The summed E-state index contributed by atoms with van der Waals surface area (Å²) in [5, 5.41) is 7.10. The van der Waals surface area contributed by atoms with E-state index in [1.807, 2.05) is 37.4 Å². The van der Waals surface area contributed by atoms with Gasteiger partial charge in [-0.15, -0.1) is 0 Å². The van der Waals surface area contributed by atoms with Crippen molar-refractivity contribution in [2.45, 2.75) is 19.6 Å². The standard InChI is InChI=1S/C15H19ClN4O/c1-10(11-5-4-6-12(16)7-11)18-14-8-13(17-2)19-15(20-14)9-21-3/h4-8,10H,9H2,1-3H3,(H2,17,18,19,20). The summed E-state index contributed by atoms with van der Waals surface area (Å²) in [6, 6.07) is 9.71. The van der Waals surface area contributed by atoms with Crippen molar-refractivity contribution in [1.29, 1.82) is 0 Å². The summed E-state index contributed by atoms with van der Waals surface area (Å²) < 4.78 is 5.09. The number of rotatable bonds is 6. The Balaban J connectivity index is 2.19. The smallest absolute Gasteiger partial charge is 0.158 e. The molecule has 0 aliphatic heterocycles. The fraction of sp³-hybridized carbons (Fsp3) is 0.333. The summed E-state index contributed by atoms with van der Waals surface area (Å²) in [6.45, 7) is 2.43. The summed E-state index contributed by atoms with van der Waals surface area (Å²) >= 11 is 6.03. The van der Waals surface area contributed by atoms with Crippen molar-refractivity contribution in [3.8, 4) is 0 Å². The Labute approximate surface area is 129 Å². The Morgan fingerprint density at radius 2 is 2.00 bits per heavy atom. The monoisotopic (exact) mass is 306 g/mol. The minimum Gasteiger partial charge on any atom is -0.377 e. The molecule has 0 radical (unpaired) electrons. The molecular weight excluding hydrogens is 288 g/mol. The van der Waals surface area contributed by atoms with E-state index in [2.05, 4.69) is 27.5 Å². The predicted molar refractivity (Wildman–Crippen MR) is 85.8 cm³/mol. The zero-order valence-electron chi connectivity index (χ0n) is 12.4. The first kappa shape index (κ1) is 15.5. The van der Waals surface area contributed by atoms with Crippen LogP contribution in [0.1, 0.15) is 24.4 Å². The van der Waals surface area contributed by atoms with Crippen LogP contribution >= 0.6 is 11.6 Å². The second-order valence-electron chi connectivity index (χ2n) is 4.66. The first-order chi connectivity index (χ1) is 10.1. The Bertz CT molecular complexity index is 606. The van der Waals surface area contributed by atoms with Crippen molar-refractivity contribution in [3.63, 3.8) is 0 Å². The molecule has 1 aromatic heterocycles. The van der Waals surface area contributed by atoms with Crippen molar-refractivity contribution >= 4 is 23.2 Å². The van der Waals surface area contributed by atoms with Crippen LogP contribution in [0.5, 0.6) is 0 Å². The fourth-order valence-electron chi connectivity index (χ4n) is 1.97. The van der Waals surface area contributed by atoms with Gasteiger partial charge in [0.05, 0.1) is 0 Å². The summed E-state index contributed by atoms with van der Waals surface area (Å²) in [5.74, 6) is 2.12. The number of halogens is 1. The van der Waals surface area contributed by atoms with E-state index in [0.717, 1.165) is 22.2 Å². The molecular formula is C15H19ClN4O. The molecule has 1 unspecified atom stereocenters. The number of methoxy groups -OCH3 is 1. The lowest BCUT2D eigenvalue weighted by molar-refractivity contribution is 0.178. The third kappa shape index (κ3) is 4.31. The SMILES string of the molecule is CNc1cc(NC(C)c2cccc(Cl)c2)nc(COC)n1. The highest BCUT2D eigenvalue weighted by molar-refractivity contribution is 6.30. The van der Waals surface area contributed by atoms with Crippen LogP contribution in [0.25, 0.3) is 0 Å². The van der Waals surface area contributed by atoms with Gasteiger partial charge in [0.2, 0.25) is 0 Å². The minimum atomic E-state index is 0.0821. The summed E-state index contributed by atoms with van der Waals surface area (Å²) in [7, 11) is 3.44. The van der Waals surface area contributed by atoms with Gasteiger partial charge < -0.3 is 15.4 Å². The van der Waals surface area contributed by atoms with Gasteiger partial charge in [-0.25, -0.2) is 9.97 Å². The van der Waals surface area contributed by atoms with Crippen LogP contribution in [-0.4, -0.2) is 24.1 Å². The molecule has 6 heteroatoms. The van der Waals surface area contributed by atoms with Crippen LogP contribution in [0.4, 0.5) is 11.6 Å². The molecule has 0 bridgehead atoms. The van der Waals surface area contributed by atoms with Gasteiger partial charge >= 0.3 is 0 Å². The second-order valence-corrected chi connectivity index (χ2v) is 5.10. The molecule has 0 fully saturated rings. The summed E-state index contributed by atoms with van der Waals surface area (Å²) in [5.41, 5.74) is 1.10. The van der Waals surface area contributed by atoms with Crippen LogP contribution < -0.4 is 10.6 Å². The molecule has 1 heterocycles.